The normalized spacial score (nSPS) is 12.3. The second-order valence-electron chi connectivity index (χ2n) is 18.2. The fraction of sp³-hybridized carbons (Fsp3) is 0.100. The summed E-state index contributed by atoms with van der Waals surface area (Å²) in [5, 5.41) is 10.2. The molecule has 0 aliphatic heterocycles. The van der Waals surface area contributed by atoms with E-state index in [1.165, 1.54) is 87.3 Å². The maximum absolute atomic E-state index is 2.54. The van der Waals surface area contributed by atoms with Crippen molar-refractivity contribution in [2.24, 2.45) is 0 Å². The smallest absolute Gasteiger partial charge is 0.0620 e. The average molecular weight is 823 g/mol. The quantitative estimate of drug-likeness (QED) is 0.152. The molecule has 0 aliphatic rings. The summed E-state index contributed by atoms with van der Waals surface area (Å²) in [5.74, 6) is 0.942. The van der Waals surface area contributed by atoms with Crippen LogP contribution in [0.1, 0.15) is 50.7 Å². The van der Waals surface area contributed by atoms with E-state index in [1.807, 2.05) is 0 Å². The number of nitrogens with zero attached hydrogens (tertiary/aromatic N) is 4. The molecule has 0 aliphatic carbocycles. The van der Waals surface area contributed by atoms with Crippen LogP contribution in [-0.4, -0.2) is 8.80 Å². The summed E-state index contributed by atoms with van der Waals surface area (Å²) in [6, 6.07) is 72.4. The molecule has 0 unspecified atom stereocenters. The third kappa shape index (κ3) is 5.29. The Hall–Kier alpha value is -7.82. The molecule has 0 N–H and O–H groups in total. The van der Waals surface area contributed by atoms with Crippen LogP contribution in [0.5, 0.6) is 0 Å². The van der Waals surface area contributed by atoms with E-state index in [0.29, 0.717) is 11.8 Å². The highest BCUT2D eigenvalue weighted by molar-refractivity contribution is 6.29. The third-order valence-electron chi connectivity index (χ3n) is 13.9. The van der Waals surface area contributed by atoms with Gasteiger partial charge in [0.2, 0.25) is 0 Å². The summed E-state index contributed by atoms with van der Waals surface area (Å²) < 4.78 is 5.08. The molecule has 4 nitrogen and oxygen atoms in total. The Morgan fingerprint density at radius 3 is 0.984 bits per heavy atom. The van der Waals surface area contributed by atoms with Crippen LogP contribution in [0.15, 0.2) is 194 Å². The zero-order chi connectivity index (χ0) is 42.8. The minimum atomic E-state index is 0.471. The van der Waals surface area contributed by atoms with Crippen LogP contribution in [0.25, 0.3) is 76.2 Å². The number of hydrogen-bond donors (Lipinski definition) is 0. The molecule has 4 heteroatoms. The highest BCUT2D eigenvalue weighted by Crippen LogP contribution is 2.47. The van der Waals surface area contributed by atoms with E-state index in [9.17, 15) is 0 Å². The fourth-order valence-corrected chi connectivity index (χ4v) is 10.8. The molecular formula is C60H46N4. The third-order valence-corrected chi connectivity index (χ3v) is 13.9. The van der Waals surface area contributed by atoms with Crippen LogP contribution in [0.2, 0.25) is 0 Å². The Morgan fingerprint density at radius 2 is 0.609 bits per heavy atom. The molecule has 0 fully saturated rings. The average Bonchev–Trinajstić information content (AvgIpc) is 4.05. The van der Waals surface area contributed by atoms with Crippen LogP contribution < -0.4 is 9.80 Å². The van der Waals surface area contributed by atoms with Gasteiger partial charge in [-0.1, -0.05) is 137 Å². The number of para-hydroxylation sites is 4. The van der Waals surface area contributed by atoms with E-state index in [2.05, 4.69) is 240 Å². The molecule has 13 aromatic rings. The lowest BCUT2D eigenvalue weighted by Gasteiger charge is -2.26. The van der Waals surface area contributed by atoms with E-state index < -0.39 is 0 Å². The highest BCUT2D eigenvalue weighted by Gasteiger charge is 2.24. The highest BCUT2D eigenvalue weighted by atomic mass is 15.1. The van der Waals surface area contributed by atoms with E-state index in [1.54, 1.807) is 0 Å². The summed E-state index contributed by atoms with van der Waals surface area (Å²) in [4.78, 5) is 4.78. The van der Waals surface area contributed by atoms with Gasteiger partial charge in [-0.25, -0.2) is 0 Å². The monoisotopic (exact) mass is 822 g/mol. The number of fused-ring (bicyclic) bond motifs is 12. The van der Waals surface area contributed by atoms with Crippen LogP contribution in [0.4, 0.5) is 34.1 Å². The largest absolute Gasteiger partial charge is 0.310 e. The van der Waals surface area contributed by atoms with Gasteiger partial charge in [0.1, 0.15) is 0 Å². The Bertz CT molecular complexity index is 3620. The first-order chi connectivity index (χ1) is 31.4. The summed E-state index contributed by atoms with van der Waals surface area (Å²) in [7, 11) is 0. The number of benzene rings is 9. The molecule has 0 saturated carbocycles. The van der Waals surface area contributed by atoms with Crippen LogP contribution in [0, 0.1) is 0 Å². The molecule has 64 heavy (non-hydrogen) atoms. The van der Waals surface area contributed by atoms with Crippen molar-refractivity contribution in [2.45, 2.75) is 39.5 Å². The first kappa shape index (κ1) is 36.8. The van der Waals surface area contributed by atoms with Crippen molar-refractivity contribution < 1.29 is 0 Å². The molecule has 13 rings (SSSR count). The molecule has 9 aromatic carbocycles. The van der Waals surface area contributed by atoms with Gasteiger partial charge < -0.3 is 18.6 Å². The molecule has 0 radical (unpaired) electrons. The van der Waals surface area contributed by atoms with Crippen molar-refractivity contribution in [3.63, 3.8) is 0 Å². The number of rotatable bonds is 8. The van der Waals surface area contributed by atoms with E-state index >= 15 is 0 Å². The van der Waals surface area contributed by atoms with Crippen molar-refractivity contribution >= 4 is 110 Å². The molecule has 4 aromatic heterocycles. The standard InChI is InChI=1S/C60H46N4/c1-37(2)39-21-25-43(26-22-39)61(41-13-7-5-8-14-41)45-29-31-47-49-17-11-19-51-53-36-58-54(35-57(53)63(59(49)51)55(47)33-45)52-20-12-18-50-48-32-30-46(34-56(48)64(58)60(50)52)62(42-15-9-6-10-16-42)44-27-23-40(24-28-44)38(3)4/h5-38H,1-4H3. The Balaban J connectivity index is 1.05. The summed E-state index contributed by atoms with van der Waals surface area (Å²) in [6.45, 7) is 9.01. The van der Waals surface area contributed by atoms with Gasteiger partial charge in [0.05, 0.1) is 33.1 Å². The van der Waals surface area contributed by atoms with Crippen molar-refractivity contribution in [1.29, 1.82) is 0 Å². The molecular weight excluding hydrogens is 777 g/mol. The zero-order valence-electron chi connectivity index (χ0n) is 36.4. The van der Waals surface area contributed by atoms with Gasteiger partial charge in [0.15, 0.2) is 0 Å². The van der Waals surface area contributed by atoms with E-state index in [-0.39, 0.29) is 0 Å². The molecule has 4 heterocycles. The van der Waals surface area contributed by atoms with Gasteiger partial charge >= 0.3 is 0 Å². The lowest BCUT2D eigenvalue weighted by molar-refractivity contribution is 0.866. The maximum Gasteiger partial charge on any atom is 0.0620 e. The molecule has 0 amide bonds. The lowest BCUT2D eigenvalue weighted by Crippen LogP contribution is -2.10. The van der Waals surface area contributed by atoms with Gasteiger partial charge in [-0.15, -0.1) is 0 Å². The lowest BCUT2D eigenvalue weighted by atomic mass is 10.0. The van der Waals surface area contributed by atoms with Crippen LogP contribution in [-0.2, 0) is 0 Å². The first-order valence-corrected chi connectivity index (χ1v) is 22.7. The molecule has 0 spiro atoms. The summed E-state index contributed by atoms with van der Waals surface area (Å²) in [6.07, 6.45) is 0. The number of hydrogen-bond acceptors (Lipinski definition) is 2. The molecule has 0 atom stereocenters. The predicted octanol–water partition coefficient (Wildman–Crippen LogP) is 17.2. The van der Waals surface area contributed by atoms with Crippen LogP contribution >= 0.6 is 0 Å². The molecule has 0 saturated heterocycles. The van der Waals surface area contributed by atoms with Gasteiger partial charge in [-0.2, -0.15) is 0 Å². The second-order valence-corrected chi connectivity index (χ2v) is 18.2. The van der Waals surface area contributed by atoms with Crippen LogP contribution in [0.3, 0.4) is 0 Å². The van der Waals surface area contributed by atoms with Gasteiger partial charge in [0, 0.05) is 77.2 Å². The predicted molar refractivity (Wildman–Crippen MR) is 273 cm³/mol. The molecule has 0 bridgehead atoms. The Labute approximate surface area is 372 Å². The second kappa shape index (κ2) is 13.8. The summed E-state index contributed by atoms with van der Waals surface area (Å²) >= 11 is 0. The van der Waals surface area contributed by atoms with Gasteiger partial charge in [-0.3, -0.25) is 0 Å². The maximum atomic E-state index is 2.54. The minimum absolute atomic E-state index is 0.471. The SMILES string of the molecule is CC(C)c1ccc(N(c2ccccc2)c2ccc3c4cccc5c6cc7c(cc6n(c3c2)c45)c2cccc3c4ccc(N(c5ccccc5)c5ccc(C(C)C)cc5)cc4n7c32)cc1. The fourth-order valence-electron chi connectivity index (χ4n) is 10.8. The minimum Gasteiger partial charge on any atom is -0.310 e. The molecule has 306 valence electrons. The van der Waals surface area contributed by atoms with Gasteiger partial charge in [-0.05, 0) is 108 Å². The van der Waals surface area contributed by atoms with Crippen molar-refractivity contribution in [1.82, 2.24) is 8.80 Å². The van der Waals surface area contributed by atoms with Crippen molar-refractivity contribution in [2.75, 3.05) is 9.80 Å². The van der Waals surface area contributed by atoms with E-state index in [4.69, 9.17) is 0 Å². The number of anilines is 6. The number of aromatic nitrogens is 2. The van der Waals surface area contributed by atoms with E-state index in [0.717, 1.165) is 34.1 Å². The zero-order valence-corrected chi connectivity index (χ0v) is 36.4. The topological polar surface area (TPSA) is 15.3 Å². The van der Waals surface area contributed by atoms with Gasteiger partial charge in [0.25, 0.3) is 0 Å². The van der Waals surface area contributed by atoms with Crippen molar-refractivity contribution in [3.05, 3.63) is 205 Å². The first-order valence-electron chi connectivity index (χ1n) is 22.7. The Morgan fingerprint density at radius 1 is 0.281 bits per heavy atom. The Kier molecular flexibility index (Phi) is 7.96. The summed E-state index contributed by atoms with van der Waals surface area (Å²) in [5.41, 5.74) is 17.0. The van der Waals surface area contributed by atoms with Crippen molar-refractivity contribution in [3.8, 4) is 0 Å².